The van der Waals surface area contributed by atoms with Crippen molar-refractivity contribution in [3.05, 3.63) is 216 Å². The van der Waals surface area contributed by atoms with E-state index in [1.54, 1.807) is 0 Å². The molecule has 2 heterocycles. The highest BCUT2D eigenvalue weighted by Gasteiger charge is 2.48. The van der Waals surface area contributed by atoms with Gasteiger partial charge in [-0.25, -0.2) is 0 Å². The highest BCUT2D eigenvalue weighted by Crippen LogP contribution is 2.63. The first-order valence-corrected chi connectivity index (χ1v) is 23.9. The summed E-state index contributed by atoms with van der Waals surface area (Å²) < 4.78 is 13.9. The van der Waals surface area contributed by atoms with E-state index in [1.807, 2.05) is 0 Å². The fourth-order valence-corrected chi connectivity index (χ4v) is 13.0. The third-order valence-electron chi connectivity index (χ3n) is 15.9. The standard InChI is InChI=1S/C66H44O2/c1-65(2)52-28-16-14-26-46(52)58-59-48-27-15-17-29-54(48)67-64(59)60-47-31-30-40(35-53(47)66(3,4)62(60)61(58)65)56-42-22-10-12-24-44(42)57(45-25-13-11-23-43(45)56)41-33-49(37-18-6-5-7-19-37)63-51(34-41)50-32-38-20-8-9-21-39(38)36-55(50)68-63/h5-36H,1-4H3. The van der Waals surface area contributed by atoms with Crippen LogP contribution in [0.4, 0.5) is 0 Å². The van der Waals surface area contributed by atoms with Crippen LogP contribution in [0.2, 0.25) is 0 Å². The normalized spacial score (nSPS) is 14.4. The number of furan rings is 2. The van der Waals surface area contributed by atoms with Gasteiger partial charge in [0.25, 0.3) is 0 Å². The molecule has 0 saturated carbocycles. The second-order valence-electron chi connectivity index (χ2n) is 20.3. The Morgan fingerprint density at radius 2 is 0.868 bits per heavy atom. The number of para-hydroxylation sites is 1. The minimum atomic E-state index is -0.315. The zero-order valence-corrected chi connectivity index (χ0v) is 38.3. The van der Waals surface area contributed by atoms with Crippen molar-refractivity contribution in [1.82, 2.24) is 0 Å². The minimum Gasteiger partial charge on any atom is -0.455 e. The van der Waals surface area contributed by atoms with Crippen LogP contribution < -0.4 is 0 Å². The lowest BCUT2D eigenvalue weighted by atomic mass is 9.72. The molecule has 2 aliphatic rings. The Morgan fingerprint density at radius 3 is 1.60 bits per heavy atom. The van der Waals surface area contributed by atoms with E-state index >= 15 is 0 Å². The third kappa shape index (κ3) is 4.86. The number of hydrogen-bond acceptors (Lipinski definition) is 2. The molecular formula is C66H44O2. The van der Waals surface area contributed by atoms with Gasteiger partial charge >= 0.3 is 0 Å². The molecule has 2 aliphatic carbocycles. The summed E-state index contributed by atoms with van der Waals surface area (Å²) >= 11 is 0. The summed E-state index contributed by atoms with van der Waals surface area (Å²) in [5.41, 5.74) is 21.0. The Labute approximate surface area is 393 Å². The molecule has 0 aliphatic heterocycles. The van der Waals surface area contributed by atoms with Gasteiger partial charge in [-0.2, -0.15) is 0 Å². The Morgan fingerprint density at radius 1 is 0.309 bits per heavy atom. The maximum atomic E-state index is 7.03. The first-order valence-electron chi connectivity index (χ1n) is 23.9. The number of benzene rings is 11. The van der Waals surface area contributed by atoms with Gasteiger partial charge < -0.3 is 8.83 Å². The van der Waals surface area contributed by atoms with Crippen molar-refractivity contribution in [2.24, 2.45) is 0 Å². The molecule has 0 saturated heterocycles. The molecule has 2 nitrogen and oxygen atoms in total. The van der Waals surface area contributed by atoms with Crippen molar-refractivity contribution in [2.75, 3.05) is 0 Å². The molecule has 0 amide bonds. The zero-order chi connectivity index (χ0) is 45.2. The molecule has 13 aromatic rings. The summed E-state index contributed by atoms with van der Waals surface area (Å²) in [6, 6.07) is 71.6. The van der Waals surface area contributed by atoms with Crippen molar-refractivity contribution >= 4 is 76.2 Å². The molecule has 2 aromatic heterocycles. The van der Waals surface area contributed by atoms with Crippen LogP contribution in [0.15, 0.2) is 203 Å². The summed E-state index contributed by atoms with van der Waals surface area (Å²) in [7, 11) is 0. The van der Waals surface area contributed by atoms with Crippen LogP contribution in [0.1, 0.15) is 49.9 Å². The maximum absolute atomic E-state index is 7.03. The molecule has 2 heteroatoms. The molecule has 15 rings (SSSR count). The second kappa shape index (κ2) is 13.2. The maximum Gasteiger partial charge on any atom is 0.144 e. The smallest absolute Gasteiger partial charge is 0.144 e. The third-order valence-corrected chi connectivity index (χ3v) is 15.9. The fraction of sp³-hybridized carbons (Fsp3) is 0.0909. The quantitative estimate of drug-likeness (QED) is 0.165. The average Bonchev–Trinajstić information content (AvgIpc) is 4.07. The summed E-state index contributed by atoms with van der Waals surface area (Å²) in [4.78, 5) is 0. The van der Waals surface area contributed by atoms with Crippen LogP contribution in [0.25, 0.3) is 132 Å². The van der Waals surface area contributed by atoms with E-state index in [2.05, 4.69) is 222 Å². The average molecular weight is 869 g/mol. The summed E-state index contributed by atoms with van der Waals surface area (Å²) in [6.07, 6.45) is 0. The van der Waals surface area contributed by atoms with Gasteiger partial charge in [0.2, 0.25) is 0 Å². The van der Waals surface area contributed by atoms with Crippen LogP contribution in [0, 0.1) is 0 Å². The predicted octanol–water partition coefficient (Wildman–Crippen LogP) is 18.6. The Bertz CT molecular complexity index is 4310. The van der Waals surface area contributed by atoms with Gasteiger partial charge in [-0.15, -0.1) is 0 Å². The number of fused-ring (bicyclic) bond motifs is 18. The molecule has 0 N–H and O–H groups in total. The predicted molar refractivity (Wildman–Crippen MR) is 285 cm³/mol. The summed E-state index contributed by atoms with van der Waals surface area (Å²) in [5.74, 6) is 0. The van der Waals surface area contributed by atoms with Crippen LogP contribution >= 0.6 is 0 Å². The molecule has 0 atom stereocenters. The monoisotopic (exact) mass is 868 g/mol. The Hall–Kier alpha value is -8.20. The van der Waals surface area contributed by atoms with E-state index in [0.29, 0.717) is 0 Å². The van der Waals surface area contributed by atoms with Gasteiger partial charge in [0.1, 0.15) is 22.3 Å². The second-order valence-corrected chi connectivity index (χ2v) is 20.3. The minimum absolute atomic E-state index is 0.202. The molecule has 0 bridgehead atoms. The highest BCUT2D eigenvalue weighted by molar-refractivity contribution is 6.24. The molecule has 0 fully saturated rings. The van der Waals surface area contributed by atoms with Crippen LogP contribution in [0.5, 0.6) is 0 Å². The lowest BCUT2D eigenvalue weighted by Crippen LogP contribution is -2.24. The SMILES string of the molecule is CC1(C)c2cc(-c3c4ccccc4c(-c4cc(-c5ccccc5)c5oc6cc7ccccc7cc6c5c4)c4ccccc34)ccc2-c2c1c1c(c3c2oc2ccccc23)-c2ccccc2C1(C)C. The van der Waals surface area contributed by atoms with Crippen molar-refractivity contribution in [3.63, 3.8) is 0 Å². The van der Waals surface area contributed by atoms with Gasteiger partial charge in [-0.05, 0) is 135 Å². The van der Waals surface area contributed by atoms with Crippen LogP contribution in [0.3, 0.4) is 0 Å². The molecular weight excluding hydrogens is 825 g/mol. The van der Waals surface area contributed by atoms with E-state index in [4.69, 9.17) is 8.83 Å². The number of rotatable bonds is 3. The molecule has 68 heavy (non-hydrogen) atoms. The van der Waals surface area contributed by atoms with E-state index in [9.17, 15) is 0 Å². The topological polar surface area (TPSA) is 26.3 Å². The lowest BCUT2D eigenvalue weighted by molar-refractivity contribution is 0.600. The molecule has 11 aromatic carbocycles. The van der Waals surface area contributed by atoms with Gasteiger partial charge in [-0.1, -0.05) is 185 Å². The van der Waals surface area contributed by atoms with E-state index in [1.165, 1.54) is 110 Å². The molecule has 0 unspecified atom stereocenters. The van der Waals surface area contributed by atoms with Gasteiger partial charge in [-0.3, -0.25) is 0 Å². The Kier molecular flexibility index (Phi) is 7.39. The molecule has 0 radical (unpaired) electrons. The fourth-order valence-electron chi connectivity index (χ4n) is 13.0. The van der Waals surface area contributed by atoms with Crippen molar-refractivity contribution < 1.29 is 8.83 Å². The van der Waals surface area contributed by atoms with E-state index in [-0.39, 0.29) is 10.8 Å². The van der Waals surface area contributed by atoms with Crippen molar-refractivity contribution in [2.45, 2.75) is 38.5 Å². The van der Waals surface area contributed by atoms with E-state index in [0.717, 1.165) is 44.2 Å². The van der Waals surface area contributed by atoms with Crippen molar-refractivity contribution in [1.29, 1.82) is 0 Å². The highest BCUT2D eigenvalue weighted by atomic mass is 16.3. The summed E-state index contributed by atoms with van der Waals surface area (Å²) in [6.45, 7) is 9.73. The van der Waals surface area contributed by atoms with Crippen LogP contribution in [-0.2, 0) is 10.8 Å². The largest absolute Gasteiger partial charge is 0.455 e. The van der Waals surface area contributed by atoms with Gasteiger partial charge in [0.15, 0.2) is 0 Å². The van der Waals surface area contributed by atoms with Gasteiger partial charge in [0, 0.05) is 43.5 Å². The lowest BCUT2D eigenvalue weighted by Gasteiger charge is -2.31. The zero-order valence-electron chi connectivity index (χ0n) is 38.3. The Balaban J connectivity index is 0.992. The van der Waals surface area contributed by atoms with Crippen molar-refractivity contribution in [3.8, 4) is 55.6 Å². The first-order chi connectivity index (χ1) is 33.3. The first kappa shape index (κ1) is 38.0. The molecule has 320 valence electrons. The van der Waals surface area contributed by atoms with E-state index < -0.39 is 0 Å². The molecule has 0 spiro atoms. The summed E-state index contributed by atoms with van der Waals surface area (Å²) in [5, 5.41) is 12.0. The van der Waals surface area contributed by atoms with Crippen LogP contribution in [-0.4, -0.2) is 0 Å². The van der Waals surface area contributed by atoms with Gasteiger partial charge in [0.05, 0.1) is 0 Å². The number of hydrogen-bond donors (Lipinski definition) is 0.